The molecule has 1 aromatic rings. The number of nitrogens with zero attached hydrogens (tertiary/aromatic N) is 3. The van der Waals surface area contributed by atoms with Crippen LogP contribution in [0.4, 0.5) is 5.82 Å². The molecule has 13 heavy (non-hydrogen) atoms. The predicted molar refractivity (Wildman–Crippen MR) is 51.4 cm³/mol. The molecule has 1 heterocycles. The van der Waals surface area contributed by atoms with Crippen LogP contribution >= 0.6 is 0 Å². The summed E-state index contributed by atoms with van der Waals surface area (Å²) in [5.41, 5.74) is 0.579. The highest BCUT2D eigenvalue weighted by molar-refractivity contribution is 5.36. The Labute approximate surface area is 77.5 Å². The van der Waals surface area contributed by atoms with Gasteiger partial charge in [0.05, 0.1) is 12.3 Å². The fourth-order valence-electron chi connectivity index (χ4n) is 0.928. The van der Waals surface area contributed by atoms with E-state index in [2.05, 4.69) is 16.8 Å². The molecule has 0 saturated heterocycles. The highest BCUT2D eigenvalue weighted by Gasteiger charge is 2.00. The van der Waals surface area contributed by atoms with E-state index in [0.717, 1.165) is 12.4 Å². The highest BCUT2D eigenvalue weighted by Crippen LogP contribution is 2.06. The number of hydrogen-bond donors (Lipinski definition) is 1. The minimum absolute atomic E-state index is 0.0710. The third-order valence-corrected chi connectivity index (χ3v) is 1.66. The number of aliphatic hydroxyl groups excluding tert-OH is 1. The maximum Gasteiger partial charge on any atom is 0.151 e. The van der Waals surface area contributed by atoms with Crippen LogP contribution in [0.1, 0.15) is 5.69 Å². The Kier molecular flexibility index (Phi) is 3.40. The summed E-state index contributed by atoms with van der Waals surface area (Å²) in [5, 5.41) is 16.5. The van der Waals surface area contributed by atoms with E-state index in [1.165, 1.54) is 0 Å². The summed E-state index contributed by atoms with van der Waals surface area (Å²) in [5.74, 6) is 0.775. The summed E-state index contributed by atoms with van der Waals surface area (Å²) in [6, 6.07) is 3.57. The Bertz CT molecular complexity index is 271. The van der Waals surface area contributed by atoms with Crippen LogP contribution in [0.5, 0.6) is 0 Å². The molecule has 0 aliphatic rings. The average molecular weight is 179 g/mol. The van der Waals surface area contributed by atoms with Gasteiger partial charge in [-0.05, 0) is 12.1 Å². The van der Waals surface area contributed by atoms with Gasteiger partial charge in [0.15, 0.2) is 5.82 Å². The van der Waals surface area contributed by atoms with Gasteiger partial charge in [-0.2, -0.15) is 5.10 Å². The Morgan fingerprint density at radius 1 is 1.54 bits per heavy atom. The third kappa shape index (κ3) is 2.52. The molecule has 0 saturated carbocycles. The van der Waals surface area contributed by atoms with E-state index >= 15 is 0 Å². The van der Waals surface area contributed by atoms with Gasteiger partial charge in [-0.3, -0.25) is 0 Å². The second-order valence-electron chi connectivity index (χ2n) is 2.71. The third-order valence-electron chi connectivity index (χ3n) is 1.66. The number of aliphatic hydroxyl groups is 1. The van der Waals surface area contributed by atoms with E-state index in [0.29, 0.717) is 5.69 Å². The van der Waals surface area contributed by atoms with Crippen molar-refractivity contribution in [3.8, 4) is 0 Å². The molecule has 0 radical (unpaired) electrons. The van der Waals surface area contributed by atoms with Crippen molar-refractivity contribution in [1.82, 2.24) is 10.2 Å². The Hall–Kier alpha value is -1.42. The number of anilines is 1. The van der Waals surface area contributed by atoms with Gasteiger partial charge in [-0.25, -0.2) is 0 Å². The summed E-state index contributed by atoms with van der Waals surface area (Å²) < 4.78 is 0. The first kappa shape index (κ1) is 9.67. The van der Waals surface area contributed by atoms with E-state index < -0.39 is 0 Å². The number of likely N-dealkylation sites (N-methyl/N-ethyl adjacent to an activating group) is 1. The minimum atomic E-state index is -0.0710. The average Bonchev–Trinajstić information content (AvgIpc) is 2.18. The van der Waals surface area contributed by atoms with Gasteiger partial charge in [-0.1, -0.05) is 6.08 Å². The second kappa shape index (κ2) is 4.57. The van der Waals surface area contributed by atoms with Crippen molar-refractivity contribution in [2.75, 3.05) is 18.5 Å². The van der Waals surface area contributed by atoms with Gasteiger partial charge in [0.25, 0.3) is 0 Å². The van der Waals surface area contributed by atoms with Crippen LogP contribution in [0.25, 0.3) is 0 Å². The molecule has 0 unspecified atom stereocenters. The molecule has 0 spiro atoms. The van der Waals surface area contributed by atoms with Crippen molar-refractivity contribution in [2.45, 2.75) is 6.61 Å². The van der Waals surface area contributed by atoms with Gasteiger partial charge in [0, 0.05) is 13.6 Å². The van der Waals surface area contributed by atoms with E-state index in [1.807, 2.05) is 18.0 Å². The molecule has 0 aliphatic carbocycles. The molecule has 1 rings (SSSR count). The van der Waals surface area contributed by atoms with Gasteiger partial charge < -0.3 is 10.0 Å². The molecule has 0 fully saturated rings. The van der Waals surface area contributed by atoms with Crippen LogP contribution in [0, 0.1) is 0 Å². The van der Waals surface area contributed by atoms with Gasteiger partial charge in [0.1, 0.15) is 0 Å². The molecule has 0 bridgehead atoms. The zero-order valence-corrected chi connectivity index (χ0v) is 7.64. The summed E-state index contributed by atoms with van der Waals surface area (Å²) >= 11 is 0. The maximum absolute atomic E-state index is 8.74. The zero-order chi connectivity index (χ0) is 9.68. The summed E-state index contributed by atoms with van der Waals surface area (Å²) in [6.07, 6.45) is 1.79. The van der Waals surface area contributed by atoms with Crippen LogP contribution in [0.3, 0.4) is 0 Å². The fraction of sp³-hybridized carbons (Fsp3) is 0.333. The molecule has 0 amide bonds. The van der Waals surface area contributed by atoms with Crippen LogP contribution in [0.2, 0.25) is 0 Å². The smallest absolute Gasteiger partial charge is 0.151 e. The van der Waals surface area contributed by atoms with E-state index in [9.17, 15) is 0 Å². The maximum atomic E-state index is 8.74. The zero-order valence-electron chi connectivity index (χ0n) is 7.64. The van der Waals surface area contributed by atoms with Crippen LogP contribution < -0.4 is 4.90 Å². The molecule has 4 heteroatoms. The van der Waals surface area contributed by atoms with Crippen molar-refractivity contribution in [1.29, 1.82) is 0 Å². The molecular weight excluding hydrogens is 166 g/mol. The second-order valence-corrected chi connectivity index (χ2v) is 2.71. The number of aromatic nitrogens is 2. The molecular formula is C9H13N3O. The van der Waals surface area contributed by atoms with E-state index in [-0.39, 0.29) is 6.61 Å². The van der Waals surface area contributed by atoms with Crippen molar-refractivity contribution in [3.63, 3.8) is 0 Å². The first-order valence-corrected chi connectivity index (χ1v) is 4.03. The van der Waals surface area contributed by atoms with Crippen molar-refractivity contribution in [3.05, 3.63) is 30.5 Å². The molecule has 70 valence electrons. The first-order chi connectivity index (χ1) is 6.27. The fourth-order valence-corrected chi connectivity index (χ4v) is 0.928. The van der Waals surface area contributed by atoms with Gasteiger partial charge in [-0.15, -0.1) is 11.7 Å². The van der Waals surface area contributed by atoms with E-state index in [4.69, 9.17) is 5.11 Å². The SMILES string of the molecule is C=CCN(C)c1ccc(CO)nn1. The lowest BCUT2D eigenvalue weighted by Crippen LogP contribution is -2.18. The number of rotatable bonds is 4. The van der Waals surface area contributed by atoms with Crippen molar-refractivity contribution >= 4 is 5.82 Å². The first-order valence-electron chi connectivity index (χ1n) is 4.03. The van der Waals surface area contributed by atoms with E-state index in [1.54, 1.807) is 12.1 Å². The molecule has 1 N–H and O–H groups in total. The summed E-state index contributed by atoms with van der Waals surface area (Å²) in [6.45, 7) is 4.29. The van der Waals surface area contributed by atoms with Crippen LogP contribution in [0.15, 0.2) is 24.8 Å². The Balaban J connectivity index is 2.73. The normalized spacial score (nSPS) is 9.69. The lowest BCUT2D eigenvalue weighted by atomic mass is 10.4. The van der Waals surface area contributed by atoms with Crippen molar-refractivity contribution < 1.29 is 5.11 Å². The lowest BCUT2D eigenvalue weighted by Gasteiger charge is -2.14. The lowest BCUT2D eigenvalue weighted by molar-refractivity contribution is 0.275. The Morgan fingerprint density at radius 2 is 2.31 bits per heavy atom. The van der Waals surface area contributed by atoms with Crippen molar-refractivity contribution in [2.24, 2.45) is 0 Å². The monoisotopic (exact) mass is 179 g/mol. The van der Waals surface area contributed by atoms with Gasteiger partial charge >= 0.3 is 0 Å². The minimum Gasteiger partial charge on any atom is -0.390 e. The topological polar surface area (TPSA) is 49.2 Å². The molecule has 1 aromatic heterocycles. The molecule has 0 aliphatic heterocycles. The van der Waals surface area contributed by atoms with Crippen LogP contribution in [-0.4, -0.2) is 28.9 Å². The van der Waals surface area contributed by atoms with Gasteiger partial charge in [0.2, 0.25) is 0 Å². The molecule has 4 nitrogen and oxygen atoms in total. The molecule has 0 aromatic carbocycles. The van der Waals surface area contributed by atoms with Crippen LogP contribution in [-0.2, 0) is 6.61 Å². The summed E-state index contributed by atoms with van der Waals surface area (Å²) in [4.78, 5) is 1.92. The molecule has 0 atom stereocenters. The largest absolute Gasteiger partial charge is 0.390 e. The summed E-state index contributed by atoms with van der Waals surface area (Å²) in [7, 11) is 1.91. The Morgan fingerprint density at radius 3 is 2.77 bits per heavy atom. The standard InChI is InChI=1S/C9H13N3O/c1-3-6-12(2)9-5-4-8(7-13)10-11-9/h3-5,13H,1,6-7H2,2H3. The predicted octanol–water partition coefficient (Wildman–Crippen LogP) is 0.591. The number of hydrogen-bond acceptors (Lipinski definition) is 4. The highest BCUT2D eigenvalue weighted by atomic mass is 16.3. The quantitative estimate of drug-likeness (QED) is 0.687.